The molecule has 1 fully saturated rings. The average molecular weight is 207 g/mol. The molecule has 0 aromatic carbocycles. The molecule has 2 nitrogen and oxygen atoms in total. The van der Waals surface area contributed by atoms with E-state index < -0.39 is 6.61 Å². The third-order valence-corrected chi connectivity index (χ3v) is 2.90. The van der Waals surface area contributed by atoms with Gasteiger partial charge in [-0.25, -0.2) is 0 Å². The number of nitrogens with two attached hydrogens (primary N) is 1. The van der Waals surface area contributed by atoms with E-state index in [1.807, 2.05) is 0 Å². The van der Waals surface area contributed by atoms with Gasteiger partial charge in [0.1, 0.15) is 0 Å². The molecule has 84 valence electrons. The van der Waals surface area contributed by atoms with Gasteiger partial charge in [-0.2, -0.15) is 8.78 Å². The summed E-state index contributed by atoms with van der Waals surface area (Å²) in [6, 6.07) is 0. The van der Waals surface area contributed by atoms with Crippen LogP contribution in [0.5, 0.6) is 0 Å². The van der Waals surface area contributed by atoms with Crippen LogP contribution in [-0.4, -0.2) is 19.3 Å². The third kappa shape index (κ3) is 3.88. The van der Waals surface area contributed by atoms with Crippen LogP contribution in [0, 0.1) is 5.92 Å². The van der Waals surface area contributed by atoms with E-state index in [-0.39, 0.29) is 6.10 Å². The SMILES string of the molecule is NCCC(OC(F)F)C1CCCCC1. The Morgan fingerprint density at radius 3 is 2.36 bits per heavy atom. The van der Waals surface area contributed by atoms with Crippen LogP contribution in [0.25, 0.3) is 0 Å². The van der Waals surface area contributed by atoms with E-state index in [0.29, 0.717) is 18.9 Å². The van der Waals surface area contributed by atoms with Crippen molar-refractivity contribution < 1.29 is 13.5 Å². The zero-order valence-corrected chi connectivity index (χ0v) is 8.42. The minimum atomic E-state index is -2.66. The Bertz CT molecular complexity index is 149. The van der Waals surface area contributed by atoms with E-state index in [1.54, 1.807) is 0 Å². The largest absolute Gasteiger partial charge is 0.345 e. The highest BCUT2D eigenvalue weighted by molar-refractivity contribution is 4.74. The molecule has 0 radical (unpaired) electrons. The van der Waals surface area contributed by atoms with Crippen LogP contribution in [0.3, 0.4) is 0 Å². The van der Waals surface area contributed by atoms with Crippen LogP contribution in [0.4, 0.5) is 8.78 Å². The molecular formula is C10H19F2NO. The van der Waals surface area contributed by atoms with Gasteiger partial charge in [-0.15, -0.1) is 0 Å². The van der Waals surface area contributed by atoms with Gasteiger partial charge in [-0.05, 0) is 31.7 Å². The average Bonchev–Trinajstić information content (AvgIpc) is 2.18. The minimum Gasteiger partial charge on any atom is -0.330 e. The first-order valence-electron chi connectivity index (χ1n) is 5.37. The fraction of sp³-hybridized carbons (Fsp3) is 1.00. The lowest BCUT2D eigenvalue weighted by molar-refractivity contribution is -0.180. The Labute approximate surface area is 83.8 Å². The summed E-state index contributed by atoms with van der Waals surface area (Å²) in [5.74, 6) is 0.293. The van der Waals surface area contributed by atoms with Crippen LogP contribution in [0.2, 0.25) is 0 Å². The highest BCUT2D eigenvalue weighted by atomic mass is 19.3. The number of alkyl halides is 2. The van der Waals surface area contributed by atoms with E-state index in [2.05, 4.69) is 4.74 Å². The lowest BCUT2D eigenvalue weighted by Crippen LogP contribution is -2.30. The number of rotatable bonds is 5. The Morgan fingerprint density at radius 1 is 1.21 bits per heavy atom. The molecule has 1 rings (SSSR count). The van der Waals surface area contributed by atoms with Crippen molar-refractivity contribution in [2.24, 2.45) is 11.7 Å². The fourth-order valence-electron chi connectivity index (χ4n) is 2.22. The lowest BCUT2D eigenvalue weighted by Gasteiger charge is -2.29. The summed E-state index contributed by atoms with van der Waals surface area (Å²) in [5, 5.41) is 0. The summed E-state index contributed by atoms with van der Waals surface area (Å²) in [7, 11) is 0. The van der Waals surface area contributed by atoms with Crippen molar-refractivity contribution in [3.63, 3.8) is 0 Å². The van der Waals surface area contributed by atoms with Gasteiger partial charge in [0.25, 0.3) is 0 Å². The van der Waals surface area contributed by atoms with Crippen molar-refractivity contribution in [3.05, 3.63) is 0 Å². The Morgan fingerprint density at radius 2 is 1.86 bits per heavy atom. The normalized spacial score (nSPS) is 21.4. The fourth-order valence-corrected chi connectivity index (χ4v) is 2.22. The first kappa shape index (κ1) is 11.9. The molecule has 14 heavy (non-hydrogen) atoms. The van der Waals surface area contributed by atoms with Crippen molar-refractivity contribution in [3.8, 4) is 0 Å². The van der Waals surface area contributed by atoms with Crippen molar-refractivity contribution in [1.29, 1.82) is 0 Å². The van der Waals surface area contributed by atoms with Crippen molar-refractivity contribution >= 4 is 0 Å². The van der Waals surface area contributed by atoms with Gasteiger partial charge in [0.15, 0.2) is 0 Å². The highest BCUT2D eigenvalue weighted by Crippen LogP contribution is 2.30. The van der Waals surface area contributed by atoms with Gasteiger partial charge in [0.05, 0.1) is 6.10 Å². The Kier molecular flexibility index (Phi) is 5.33. The van der Waals surface area contributed by atoms with Gasteiger partial charge < -0.3 is 10.5 Å². The van der Waals surface area contributed by atoms with Crippen molar-refractivity contribution in [2.45, 2.75) is 51.2 Å². The smallest absolute Gasteiger partial charge is 0.330 e. The van der Waals surface area contributed by atoms with Crippen LogP contribution < -0.4 is 5.73 Å². The van der Waals surface area contributed by atoms with E-state index in [0.717, 1.165) is 25.7 Å². The molecule has 1 saturated carbocycles. The molecule has 1 atom stereocenters. The Hall–Kier alpha value is -0.220. The van der Waals surface area contributed by atoms with E-state index in [9.17, 15) is 8.78 Å². The van der Waals surface area contributed by atoms with E-state index in [4.69, 9.17) is 5.73 Å². The first-order valence-corrected chi connectivity index (χ1v) is 5.37. The van der Waals surface area contributed by atoms with Crippen LogP contribution in [-0.2, 0) is 4.74 Å². The van der Waals surface area contributed by atoms with Gasteiger partial charge in [-0.3, -0.25) is 0 Å². The summed E-state index contributed by atoms with van der Waals surface area (Å²) < 4.78 is 28.8. The summed E-state index contributed by atoms with van der Waals surface area (Å²) in [5.41, 5.74) is 5.39. The molecular weight excluding hydrogens is 188 g/mol. The molecule has 2 N–H and O–H groups in total. The topological polar surface area (TPSA) is 35.2 Å². The maximum Gasteiger partial charge on any atom is 0.345 e. The van der Waals surface area contributed by atoms with Gasteiger partial charge >= 0.3 is 6.61 Å². The van der Waals surface area contributed by atoms with Gasteiger partial charge in [0.2, 0.25) is 0 Å². The van der Waals surface area contributed by atoms with Gasteiger partial charge in [-0.1, -0.05) is 19.3 Å². The molecule has 1 unspecified atom stereocenters. The number of hydrogen-bond donors (Lipinski definition) is 1. The Balaban J connectivity index is 2.38. The molecule has 0 aromatic rings. The summed E-state index contributed by atoms with van der Waals surface area (Å²) in [6.07, 6.45) is 5.74. The number of halogens is 2. The van der Waals surface area contributed by atoms with Crippen LogP contribution >= 0.6 is 0 Å². The van der Waals surface area contributed by atoms with Gasteiger partial charge in [0, 0.05) is 0 Å². The van der Waals surface area contributed by atoms with Crippen LogP contribution in [0.15, 0.2) is 0 Å². The second kappa shape index (κ2) is 6.30. The standard InChI is InChI=1S/C10H19F2NO/c11-10(12)14-9(6-7-13)8-4-2-1-3-5-8/h8-10H,1-7,13H2. The molecule has 0 spiro atoms. The monoisotopic (exact) mass is 207 g/mol. The van der Waals surface area contributed by atoms with Crippen molar-refractivity contribution in [1.82, 2.24) is 0 Å². The zero-order valence-electron chi connectivity index (χ0n) is 8.42. The van der Waals surface area contributed by atoms with Crippen LogP contribution in [0.1, 0.15) is 38.5 Å². The van der Waals surface area contributed by atoms with Crippen molar-refractivity contribution in [2.75, 3.05) is 6.54 Å². The minimum absolute atomic E-state index is 0.293. The molecule has 0 heterocycles. The predicted molar refractivity (Wildman–Crippen MR) is 51.1 cm³/mol. The zero-order chi connectivity index (χ0) is 10.4. The summed E-state index contributed by atoms with van der Waals surface area (Å²) >= 11 is 0. The second-order valence-corrected chi connectivity index (χ2v) is 3.91. The first-order chi connectivity index (χ1) is 6.74. The molecule has 0 bridgehead atoms. The second-order valence-electron chi connectivity index (χ2n) is 3.91. The maximum atomic E-state index is 12.1. The molecule has 0 aromatic heterocycles. The summed E-state index contributed by atoms with van der Waals surface area (Å²) in [4.78, 5) is 0. The van der Waals surface area contributed by atoms with E-state index in [1.165, 1.54) is 6.42 Å². The molecule has 1 aliphatic rings. The summed E-state index contributed by atoms with van der Waals surface area (Å²) in [6.45, 7) is -2.23. The lowest BCUT2D eigenvalue weighted by atomic mass is 9.84. The number of hydrogen-bond acceptors (Lipinski definition) is 2. The molecule has 0 amide bonds. The molecule has 0 aliphatic heterocycles. The molecule has 1 aliphatic carbocycles. The molecule has 4 heteroatoms. The number of ether oxygens (including phenoxy) is 1. The predicted octanol–water partition coefficient (Wildman–Crippen LogP) is 2.52. The highest BCUT2D eigenvalue weighted by Gasteiger charge is 2.26. The quantitative estimate of drug-likeness (QED) is 0.751. The van der Waals surface area contributed by atoms with E-state index >= 15 is 0 Å². The third-order valence-electron chi connectivity index (χ3n) is 2.90. The molecule has 0 saturated heterocycles. The maximum absolute atomic E-state index is 12.1.